The fraction of sp³-hybridized carbons (Fsp3) is 0.676. The SMILES string of the molecule is CC/C=C\C/C=C\C/C=C\C/C=C\C/C=C\C/C=C\C/C=C\C/C=C\C/C=C\C/C=C\CCCCCCC(=O)OCC(COC(=O)CCCCCCCCCCCCC)OC(=O)CCCCCCCCCCCCCCC. The summed E-state index contributed by atoms with van der Waals surface area (Å²) in [6.07, 6.45) is 89.2. The van der Waals surface area contributed by atoms with E-state index >= 15 is 0 Å². The minimum absolute atomic E-state index is 0.0834. The van der Waals surface area contributed by atoms with Crippen molar-refractivity contribution in [2.45, 2.75) is 297 Å². The molecule has 0 amide bonds. The van der Waals surface area contributed by atoms with Crippen LogP contribution in [0.15, 0.2) is 122 Å². The number of carbonyl (C=O) groups is 3. The van der Waals surface area contributed by atoms with Gasteiger partial charge in [0.15, 0.2) is 6.10 Å². The number of esters is 3. The van der Waals surface area contributed by atoms with Gasteiger partial charge in [0.05, 0.1) is 0 Å². The molecular formula is C71H118O6. The van der Waals surface area contributed by atoms with E-state index in [1.807, 2.05) is 0 Å². The predicted octanol–water partition coefficient (Wildman–Crippen LogP) is 22.0. The van der Waals surface area contributed by atoms with Crippen molar-refractivity contribution < 1.29 is 28.6 Å². The van der Waals surface area contributed by atoms with E-state index in [4.69, 9.17) is 14.2 Å². The Balaban J connectivity index is 4.25. The third-order valence-electron chi connectivity index (χ3n) is 13.5. The Morgan fingerprint density at radius 2 is 0.506 bits per heavy atom. The van der Waals surface area contributed by atoms with Crippen LogP contribution in [0.3, 0.4) is 0 Å². The van der Waals surface area contributed by atoms with Gasteiger partial charge in [0, 0.05) is 19.3 Å². The summed E-state index contributed by atoms with van der Waals surface area (Å²) >= 11 is 0. The first-order valence-corrected chi connectivity index (χ1v) is 32.0. The molecule has 1 unspecified atom stereocenters. The van der Waals surface area contributed by atoms with Gasteiger partial charge in [-0.15, -0.1) is 0 Å². The summed E-state index contributed by atoms with van der Waals surface area (Å²) in [5.41, 5.74) is 0. The minimum atomic E-state index is -0.786. The van der Waals surface area contributed by atoms with Crippen LogP contribution in [0.4, 0.5) is 0 Å². The summed E-state index contributed by atoms with van der Waals surface area (Å²) in [5, 5.41) is 0. The van der Waals surface area contributed by atoms with Crippen molar-refractivity contribution >= 4 is 17.9 Å². The van der Waals surface area contributed by atoms with Crippen molar-refractivity contribution in [3.63, 3.8) is 0 Å². The summed E-state index contributed by atoms with van der Waals surface area (Å²) in [6, 6.07) is 0. The van der Waals surface area contributed by atoms with Crippen LogP contribution >= 0.6 is 0 Å². The average Bonchev–Trinajstić information content (AvgIpc) is 3.43. The highest BCUT2D eigenvalue weighted by molar-refractivity contribution is 5.71. The summed E-state index contributed by atoms with van der Waals surface area (Å²) < 4.78 is 16.8. The lowest BCUT2D eigenvalue weighted by molar-refractivity contribution is -0.167. The highest BCUT2D eigenvalue weighted by Gasteiger charge is 2.19. The highest BCUT2D eigenvalue weighted by atomic mass is 16.6. The van der Waals surface area contributed by atoms with Gasteiger partial charge in [0.1, 0.15) is 13.2 Å². The minimum Gasteiger partial charge on any atom is -0.462 e. The lowest BCUT2D eigenvalue weighted by atomic mass is 10.0. The summed E-state index contributed by atoms with van der Waals surface area (Å²) in [5.74, 6) is -0.905. The molecule has 0 aliphatic carbocycles. The molecule has 0 aliphatic heterocycles. The average molecular weight is 1070 g/mol. The van der Waals surface area contributed by atoms with Crippen LogP contribution in [0.1, 0.15) is 290 Å². The lowest BCUT2D eigenvalue weighted by Crippen LogP contribution is -2.30. The fourth-order valence-corrected chi connectivity index (χ4v) is 8.71. The van der Waals surface area contributed by atoms with Crippen molar-refractivity contribution in [1.82, 2.24) is 0 Å². The molecular weight excluding hydrogens is 949 g/mol. The second-order valence-electron chi connectivity index (χ2n) is 21.0. The quantitative estimate of drug-likeness (QED) is 0.0261. The zero-order valence-corrected chi connectivity index (χ0v) is 50.2. The van der Waals surface area contributed by atoms with Gasteiger partial charge in [0.2, 0.25) is 0 Å². The van der Waals surface area contributed by atoms with Crippen LogP contribution in [0.2, 0.25) is 0 Å². The van der Waals surface area contributed by atoms with E-state index in [-0.39, 0.29) is 31.1 Å². The van der Waals surface area contributed by atoms with Crippen molar-refractivity contribution in [2.75, 3.05) is 13.2 Å². The molecule has 77 heavy (non-hydrogen) atoms. The smallest absolute Gasteiger partial charge is 0.306 e. The van der Waals surface area contributed by atoms with Crippen LogP contribution in [-0.4, -0.2) is 37.2 Å². The van der Waals surface area contributed by atoms with Crippen LogP contribution in [0, 0.1) is 0 Å². The first-order valence-electron chi connectivity index (χ1n) is 32.0. The highest BCUT2D eigenvalue weighted by Crippen LogP contribution is 2.16. The first kappa shape index (κ1) is 72.8. The molecule has 6 heteroatoms. The molecule has 438 valence electrons. The Labute approximate surface area is 475 Å². The number of unbranched alkanes of at least 4 members (excludes halogenated alkanes) is 26. The largest absolute Gasteiger partial charge is 0.462 e. The molecule has 0 heterocycles. The number of hydrogen-bond donors (Lipinski definition) is 0. The van der Waals surface area contributed by atoms with Gasteiger partial charge >= 0.3 is 17.9 Å². The number of allylic oxidation sites excluding steroid dienone is 20. The molecule has 6 nitrogen and oxygen atoms in total. The van der Waals surface area contributed by atoms with Crippen molar-refractivity contribution in [1.29, 1.82) is 0 Å². The maximum atomic E-state index is 12.8. The molecule has 0 aromatic rings. The normalized spacial score (nSPS) is 12.9. The summed E-state index contributed by atoms with van der Waals surface area (Å²) in [6.45, 7) is 6.51. The monoisotopic (exact) mass is 1070 g/mol. The van der Waals surface area contributed by atoms with E-state index in [1.165, 1.54) is 116 Å². The second kappa shape index (κ2) is 64.3. The molecule has 0 aliphatic rings. The van der Waals surface area contributed by atoms with Crippen LogP contribution in [0.5, 0.6) is 0 Å². The van der Waals surface area contributed by atoms with Gasteiger partial charge in [-0.2, -0.15) is 0 Å². The number of rotatable bonds is 57. The van der Waals surface area contributed by atoms with Crippen molar-refractivity contribution in [3.05, 3.63) is 122 Å². The van der Waals surface area contributed by atoms with Gasteiger partial charge in [-0.25, -0.2) is 0 Å². The molecule has 0 rings (SSSR count). The Kier molecular flexibility index (Phi) is 60.8. The van der Waals surface area contributed by atoms with E-state index in [2.05, 4.69) is 142 Å². The molecule has 0 bridgehead atoms. The molecule has 0 spiro atoms. The third-order valence-corrected chi connectivity index (χ3v) is 13.5. The van der Waals surface area contributed by atoms with E-state index in [9.17, 15) is 14.4 Å². The van der Waals surface area contributed by atoms with Crippen LogP contribution in [-0.2, 0) is 28.6 Å². The molecule has 0 saturated heterocycles. The van der Waals surface area contributed by atoms with Crippen molar-refractivity contribution in [3.8, 4) is 0 Å². The number of hydrogen-bond acceptors (Lipinski definition) is 6. The summed E-state index contributed by atoms with van der Waals surface area (Å²) in [7, 11) is 0. The van der Waals surface area contributed by atoms with Crippen LogP contribution in [0.25, 0.3) is 0 Å². The molecule has 0 aromatic carbocycles. The fourth-order valence-electron chi connectivity index (χ4n) is 8.71. The molecule has 0 radical (unpaired) electrons. The van der Waals surface area contributed by atoms with E-state index < -0.39 is 6.10 Å². The molecule has 0 N–H and O–H groups in total. The lowest BCUT2D eigenvalue weighted by Gasteiger charge is -2.18. The Morgan fingerprint density at radius 1 is 0.273 bits per heavy atom. The van der Waals surface area contributed by atoms with Gasteiger partial charge in [0.25, 0.3) is 0 Å². The van der Waals surface area contributed by atoms with E-state index in [0.29, 0.717) is 19.3 Å². The van der Waals surface area contributed by atoms with Gasteiger partial charge in [-0.1, -0.05) is 296 Å². The molecule has 0 fully saturated rings. The van der Waals surface area contributed by atoms with Crippen molar-refractivity contribution in [2.24, 2.45) is 0 Å². The van der Waals surface area contributed by atoms with Gasteiger partial charge in [-0.3, -0.25) is 14.4 Å². The zero-order chi connectivity index (χ0) is 55.7. The van der Waals surface area contributed by atoms with E-state index in [0.717, 1.165) is 135 Å². The molecule has 1 atom stereocenters. The van der Waals surface area contributed by atoms with E-state index in [1.54, 1.807) is 0 Å². The second-order valence-corrected chi connectivity index (χ2v) is 21.0. The number of carbonyl (C=O) groups excluding carboxylic acids is 3. The standard InChI is InChI=1S/C71H118O6/c1-4-7-10-13-16-19-22-24-25-26-27-28-29-30-31-32-33-34-35-36-37-38-39-40-41-42-43-44-45-47-49-52-55-58-61-64-70(73)76-67-68(66-75-69(72)63-60-57-54-51-48-21-18-15-12-9-6-3)77-71(74)65-62-59-56-53-50-46-23-20-17-14-11-8-5-2/h7,10,16,19,24-25,27-28,30-31,33-34,36-37,39-40,42-43,45,47,68H,4-6,8-9,11-15,17-18,20-23,26,29,32,35,38,41,44,46,48-67H2,1-3H3/b10-7-,19-16-,25-24-,28-27-,31-30-,34-33-,37-36-,40-39-,43-42-,47-45-. The number of ether oxygens (including phenoxy) is 3. The Bertz CT molecular complexity index is 1600. The maximum Gasteiger partial charge on any atom is 0.306 e. The molecule has 0 aromatic heterocycles. The predicted molar refractivity (Wildman–Crippen MR) is 334 cm³/mol. The Morgan fingerprint density at radius 3 is 0.792 bits per heavy atom. The first-order chi connectivity index (χ1) is 38.0. The Hall–Kier alpha value is -4.19. The maximum absolute atomic E-state index is 12.8. The van der Waals surface area contributed by atoms with Gasteiger partial charge < -0.3 is 14.2 Å². The zero-order valence-electron chi connectivity index (χ0n) is 50.2. The topological polar surface area (TPSA) is 78.9 Å². The third kappa shape index (κ3) is 62.5. The summed E-state index contributed by atoms with van der Waals surface area (Å²) in [4.78, 5) is 38.1. The molecule has 0 saturated carbocycles. The van der Waals surface area contributed by atoms with Crippen LogP contribution < -0.4 is 0 Å². The van der Waals surface area contributed by atoms with Gasteiger partial charge in [-0.05, 0) is 96.3 Å².